The highest BCUT2D eigenvalue weighted by atomic mass is 19.4. The number of ether oxygens (including phenoxy) is 2. The number of carbonyl (C=O) groups is 1. The van der Waals surface area contributed by atoms with Crippen molar-refractivity contribution in [1.29, 1.82) is 0 Å². The van der Waals surface area contributed by atoms with Gasteiger partial charge in [-0.25, -0.2) is 8.78 Å². The van der Waals surface area contributed by atoms with Gasteiger partial charge in [0.1, 0.15) is 23.8 Å². The predicted octanol–water partition coefficient (Wildman–Crippen LogP) is 5.63. The van der Waals surface area contributed by atoms with Crippen LogP contribution in [-0.2, 0) is 6.18 Å². The van der Waals surface area contributed by atoms with E-state index in [1.165, 1.54) is 37.6 Å². The van der Waals surface area contributed by atoms with E-state index in [0.29, 0.717) is 12.1 Å². The first-order chi connectivity index (χ1) is 17.7. The minimum Gasteiger partial charge on any atom is -0.486 e. The Kier molecular flexibility index (Phi) is 8.68. The molecule has 0 aliphatic heterocycles. The second-order valence-electron chi connectivity index (χ2n) is 7.71. The minimum absolute atomic E-state index is 0.0638. The summed E-state index contributed by atoms with van der Waals surface area (Å²) >= 11 is 0. The molecule has 3 aromatic rings. The quantitative estimate of drug-likeness (QED) is 0.348. The SMILES string of the molecule is CC(NC(=O)c1cc(OCC(F)(F)F)cc(C(F)(F)F)c1)c1nccnc1-c1ccc(OCC(F)F)cn1. The van der Waals surface area contributed by atoms with Crippen LogP contribution in [0.4, 0.5) is 35.1 Å². The lowest BCUT2D eigenvalue weighted by atomic mass is 10.1. The summed E-state index contributed by atoms with van der Waals surface area (Å²) in [5, 5.41) is 2.42. The van der Waals surface area contributed by atoms with Crippen LogP contribution >= 0.6 is 0 Å². The highest BCUT2D eigenvalue weighted by molar-refractivity contribution is 5.95. The van der Waals surface area contributed by atoms with Gasteiger partial charge < -0.3 is 14.8 Å². The zero-order valence-corrected chi connectivity index (χ0v) is 19.3. The van der Waals surface area contributed by atoms with Gasteiger partial charge in [-0.1, -0.05) is 0 Å². The molecule has 0 radical (unpaired) electrons. The van der Waals surface area contributed by atoms with Gasteiger partial charge >= 0.3 is 12.4 Å². The topological polar surface area (TPSA) is 86.2 Å². The Hall–Kier alpha value is -4.04. The minimum atomic E-state index is -4.97. The Balaban J connectivity index is 1.83. The third-order valence-electron chi connectivity index (χ3n) is 4.74. The number of alkyl halides is 8. The Morgan fingerprint density at radius 2 is 1.66 bits per heavy atom. The molecule has 7 nitrogen and oxygen atoms in total. The summed E-state index contributed by atoms with van der Waals surface area (Å²) in [6, 6.07) is 3.38. The molecule has 1 N–H and O–H groups in total. The van der Waals surface area contributed by atoms with Crippen molar-refractivity contribution in [2.45, 2.75) is 31.7 Å². The van der Waals surface area contributed by atoms with Gasteiger partial charge in [-0.3, -0.25) is 19.7 Å². The molecule has 38 heavy (non-hydrogen) atoms. The molecule has 15 heteroatoms. The zero-order chi connectivity index (χ0) is 28.1. The van der Waals surface area contributed by atoms with E-state index in [1.54, 1.807) is 0 Å². The molecule has 1 aromatic carbocycles. The van der Waals surface area contributed by atoms with Crippen LogP contribution in [0, 0.1) is 0 Å². The molecule has 1 amide bonds. The molecule has 2 aromatic heterocycles. The van der Waals surface area contributed by atoms with E-state index in [4.69, 9.17) is 4.74 Å². The van der Waals surface area contributed by atoms with Gasteiger partial charge in [-0.2, -0.15) is 26.3 Å². The second kappa shape index (κ2) is 11.6. The number of halogens is 8. The van der Waals surface area contributed by atoms with Gasteiger partial charge in [0.2, 0.25) is 0 Å². The molecule has 0 fully saturated rings. The van der Waals surface area contributed by atoms with E-state index >= 15 is 0 Å². The normalized spacial score (nSPS) is 12.8. The molecular formula is C23H18F8N4O3. The lowest BCUT2D eigenvalue weighted by Gasteiger charge is -2.18. The molecule has 0 aliphatic carbocycles. The van der Waals surface area contributed by atoms with Crippen molar-refractivity contribution in [2.24, 2.45) is 0 Å². The fraction of sp³-hybridized carbons (Fsp3) is 0.304. The van der Waals surface area contributed by atoms with Gasteiger partial charge in [0.25, 0.3) is 12.3 Å². The molecular weight excluding hydrogens is 532 g/mol. The number of nitrogens with one attached hydrogen (secondary N) is 1. The van der Waals surface area contributed by atoms with Crippen molar-refractivity contribution < 1.29 is 49.4 Å². The third-order valence-corrected chi connectivity index (χ3v) is 4.74. The lowest BCUT2D eigenvalue weighted by Crippen LogP contribution is -2.28. The maximum Gasteiger partial charge on any atom is 0.422 e. The lowest BCUT2D eigenvalue weighted by molar-refractivity contribution is -0.153. The fourth-order valence-electron chi connectivity index (χ4n) is 3.12. The van der Waals surface area contributed by atoms with Gasteiger partial charge in [-0.15, -0.1) is 0 Å². The van der Waals surface area contributed by atoms with Crippen LogP contribution < -0.4 is 14.8 Å². The van der Waals surface area contributed by atoms with E-state index in [0.717, 1.165) is 6.07 Å². The van der Waals surface area contributed by atoms with Crippen molar-refractivity contribution in [3.63, 3.8) is 0 Å². The number of hydrogen-bond donors (Lipinski definition) is 1. The monoisotopic (exact) mass is 550 g/mol. The maximum atomic E-state index is 13.3. The molecule has 3 rings (SSSR count). The van der Waals surface area contributed by atoms with Gasteiger partial charge in [0.05, 0.1) is 29.2 Å². The predicted molar refractivity (Wildman–Crippen MR) is 116 cm³/mol. The number of aromatic nitrogens is 3. The number of amides is 1. The Labute approximate surface area is 209 Å². The van der Waals surface area contributed by atoms with Crippen molar-refractivity contribution >= 4 is 5.91 Å². The number of pyridine rings is 1. The number of rotatable bonds is 9. The standard InChI is InChI=1S/C23H18F8N4O3/c1-12(19-20(33-5-4-32-19)17-3-2-15(9-34-17)37-10-18(24)25)35-21(36)13-6-14(23(29,30)31)8-16(7-13)38-11-22(26,27)28/h2-9,12,18H,10-11H2,1H3,(H,35,36). The fourth-order valence-corrected chi connectivity index (χ4v) is 3.12. The van der Waals surface area contributed by atoms with E-state index in [1.807, 2.05) is 0 Å². The maximum absolute atomic E-state index is 13.3. The summed E-state index contributed by atoms with van der Waals surface area (Å²) in [5.41, 5.74) is -1.45. The number of nitrogens with zero attached hydrogens (tertiary/aromatic N) is 3. The van der Waals surface area contributed by atoms with E-state index in [9.17, 15) is 39.9 Å². The molecule has 204 valence electrons. The Morgan fingerprint density at radius 1 is 0.947 bits per heavy atom. The van der Waals surface area contributed by atoms with Crippen molar-refractivity contribution in [2.75, 3.05) is 13.2 Å². The van der Waals surface area contributed by atoms with Crippen LogP contribution in [0.5, 0.6) is 11.5 Å². The molecule has 1 unspecified atom stereocenters. The highest BCUT2D eigenvalue weighted by Gasteiger charge is 2.33. The Bertz CT molecular complexity index is 1250. The third kappa shape index (κ3) is 7.98. The highest BCUT2D eigenvalue weighted by Crippen LogP contribution is 2.33. The van der Waals surface area contributed by atoms with Crippen LogP contribution in [0.25, 0.3) is 11.4 Å². The van der Waals surface area contributed by atoms with Crippen LogP contribution in [0.3, 0.4) is 0 Å². The summed E-state index contributed by atoms with van der Waals surface area (Å²) in [7, 11) is 0. The van der Waals surface area contributed by atoms with Crippen LogP contribution in [0.2, 0.25) is 0 Å². The molecule has 0 bridgehead atoms. The average Bonchev–Trinajstić information content (AvgIpc) is 2.85. The summed E-state index contributed by atoms with van der Waals surface area (Å²) in [4.78, 5) is 25.1. The largest absolute Gasteiger partial charge is 0.486 e. The number of benzene rings is 1. The van der Waals surface area contributed by atoms with Crippen LogP contribution in [-0.4, -0.2) is 46.7 Å². The first-order valence-corrected chi connectivity index (χ1v) is 10.6. The van der Waals surface area contributed by atoms with E-state index in [-0.39, 0.29) is 22.8 Å². The summed E-state index contributed by atoms with van der Waals surface area (Å²) in [5.74, 6) is -1.79. The van der Waals surface area contributed by atoms with E-state index in [2.05, 4.69) is 25.0 Å². The first kappa shape index (κ1) is 28.5. The van der Waals surface area contributed by atoms with Crippen molar-refractivity contribution in [1.82, 2.24) is 20.3 Å². The summed E-state index contributed by atoms with van der Waals surface area (Å²) in [6.45, 7) is -1.24. The molecule has 0 spiro atoms. The molecule has 0 saturated carbocycles. The average molecular weight is 550 g/mol. The summed E-state index contributed by atoms with van der Waals surface area (Å²) < 4.78 is 111. The van der Waals surface area contributed by atoms with Gasteiger partial charge in [0, 0.05) is 18.0 Å². The molecule has 2 heterocycles. The molecule has 0 aliphatic rings. The second-order valence-corrected chi connectivity index (χ2v) is 7.71. The van der Waals surface area contributed by atoms with Crippen molar-refractivity contribution in [3.8, 4) is 22.9 Å². The van der Waals surface area contributed by atoms with E-state index < -0.39 is 60.8 Å². The van der Waals surface area contributed by atoms with Crippen LogP contribution in [0.1, 0.15) is 34.6 Å². The van der Waals surface area contributed by atoms with Gasteiger partial charge in [-0.05, 0) is 37.3 Å². The summed E-state index contributed by atoms with van der Waals surface area (Å²) in [6.07, 6.45) is -8.69. The number of hydrogen-bond acceptors (Lipinski definition) is 6. The molecule has 0 saturated heterocycles. The number of carbonyl (C=O) groups excluding carboxylic acids is 1. The van der Waals surface area contributed by atoms with Crippen molar-refractivity contribution in [3.05, 3.63) is 65.7 Å². The van der Waals surface area contributed by atoms with Crippen LogP contribution in [0.15, 0.2) is 48.9 Å². The Morgan fingerprint density at radius 3 is 2.26 bits per heavy atom. The van der Waals surface area contributed by atoms with Gasteiger partial charge in [0.15, 0.2) is 6.61 Å². The molecule has 1 atom stereocenters. The smallest absolute Gasteiger partial charge is 0.422 e. The zero-order valence-electron chi connectivity index (χ0n) is 19.3. The first-order valence-electron chi connectivity index (χ1n) is 10.6.